The number of thiophene rings is 1. The smallest absolute Gasteiger partial charge is 0.265 e. The number of amides is 1. The first kappa shape index (κ1) is 22.3. The van der Waals surface area contributed by atoms with Crippen molar-refractivity contribution < 1.29 is 13.2 Å². The third-order valence-electron chi connectivity index (χ3n) is 4.99. The minimum atomic E-state index is -3.70. The molecule has 0 saturated heterocycles. The fraction of sp³-hybridized carbons (Fsp3) is 0.125. The summed E-state index contributed by atoms with van der Waals surface area (Å²) in [5.74, 6) is -0.241. The van der Waals surface area contributed by atoms with E-state index in [1.807, 2.05) is 13.0 Å². The van der Waals surface area contributed by atoms with Gasteiger partial charge in [-0.1, -0.05) is 35.4 Å². The predicted molar refractivity (Wildman–Crippen MR) is 133 cm³/mol. The average molecular weight is 485 g/mol. The van der Waals surface area contributed by atoms with Gasteiger partial charge in [0.15, 0.2) is 0 Å². The zero-order valence-corrected chi connectivity index (χ0v) is 19.9. The molecule has 1 N–H and O–H groups in total. The van der Waals surface area contributed by atoms with E-state index in [1.54, 1.807) is 73.7 Å². The summed E-state index contributed by atoms with van der Waals surface area (Å²) < 4.78 is 28.7. The lowest BCUT2D eigenvalue weighted by Crippen LogP contribution is -2.30. The van der Waals surface area contributed by atoms with Gasteiger partial charge in [-0.25, -0.2) is 8.42 Å². The number of fused-ring (bicyclic) bond motifs is 1. The van der Waals surface area contributed by atoms with E-state index < -0.39 is 10.0 Å². The van der Waals surface area contributed by atoms with Gasteiger partial charge in [0.2, 0.25) is 0 Å². The molecule has 32 heavy (non-hydrogen) atoms. The van der Waals surface area contributed by atoms with Crippen molar-refractivity contribution in [2.45, 2.75) is 18.7 Å². The van der Waals surface area contributed by atoms with Gasteiger partial charge in [-0.3, -0.25) is 9.10 Å². The summed E-state index contributed by atoms with van der Waals surface area (Å²) in [6.45, 7) is 4.00. The normalized spacial score (nSPS) is 11.5. The number of benzene rings is 3. The van der Waals surface area contributed by atoms with Crippen LogP contribution in [0.25, 0.3) is 10.1 Å². The lowest BCUT2D eigenvalue weighted by atomic mass is 10.2. The molecule has 1 heterocycles. The van der Waals surface area contributed by atoms with Gasteiger partial charge in [-0.15, -0.1) is 11.3 Å². The summed E-state index contributed by atoms with van der Waals surface area (Å²) in [7, 11) is -3.70. The van der Waals surface area contributed by atoms with Gasteiger partial charge in [-0.2, -0.15) is 0 Å². The predicted octanol–water partition coefficient (Wildman–Crippen LogP) is 6.33. The van der Waals surface area contributed by atoms with E-state index in [-0.39, 0.29) is 17.3 Å². The van der Waals surface area contributed by atoms with Crippen molar-refractivity contribution in [3.05, 3.63) is 88.3 Å². The lowest BCUT2D eigenvalue weighted by molar-refractivity contribution is 0.103. The van der Waals surface area contributed by atoms with Crippen LogP contribution < -0.4 is 9.62 Å². The van der Waals surface area contributed by atoms with E-state index in [4.69, 9.17) is 11.6 Å². The molecule has 0 fully saturated rings. The molecule has 1 aromatic heterocycles. The number of nitrogens with zero attached hydrogens (tertiary/aromatic N) is 1. The first-order chi connectivity index (χ1) is 15.3. The molecule has 0 aliphatic rings. The van der Waals surface area contributed by atoms with Gasteiger partial charge in [0.1, 0.15) is 0 Å². The first-order valence-corrected chi connectivity index (χ1v) is 12.6. The van der Waals surface area contributed by atoms with E-state index in [2.05, 4.69) is 5.32 Å². The van der Waals surface area contributed by atoms with E-state index in [0.29, 0.717) is 21.3 Å². The topological polar surface area (TPSA) is 66.5 Å². The molecule has 8 heteroatoms. The van der Waals surface area contributed by atoms with E-state index >= 15 is 0 Å². The Morgan fingerprint density at radius 3 is 2.47 bits per heavy atom. The molecule has 0 unspecified atom stereocenters. The number of hydrogen-bond donors (Lipinski definition) is 1. The van der Waals surface area contributed by atoms with Gasteiger partial charge in [-0.05, 0) is 73.8 Å². The van der Waals surface area contributed by atoms with Crippen molar-refractivity contribution in [1.29, 1.82) is 0 Å². The summed E-state index contributed by atoms with van der Waals surface area (Å²) in [6.07, 6.45) is 0. The molecule has 164 valence electrons. The summed E-state index contributed by atoms with van der Waals surface area (Å²) in [5.41, 5.74) is 2.16. The SMILES string of the molecule is CCN(c1ccc2sc(C(=O)Nc3cccc(Cl)c3)cc2c1)S(=O)(=O)c1ccc(C)cc1. The second kappa shape index (κ2) is 8.94. The van der Waals surface area contributed by atoms with Crippen LogP contribution in [0.5, 0.6) is 0 Å². The molecule has 0 bridgehead atoms. The number of nitrogens with one attached hydrogen (secondary N) is 1. The maximum Gasteiger partial charge on any atom is 0.265 e. The van der Waals surface area contributed by atoms with Crippen LogP contribution in [-0.4, -0.2) is 20.9 Å². The van der Waals surface area contributed by atoms with Crippen LogP contribution in [0.2, 0.25) is 5.02 Å². The number of halogens is 1. The number of carbonyl (C=O) groups is 1. The molecule has 0 atom stereocenters. The van der Waals surface area contributed by atoms with Crippen LogP contribution >= 0.6 is 22.9 Å². The molecular weight excluding hydrogens is 464 g/mol. The average Bonchev–Trinajstić information content (AvgIpc) is 3.18. The molecular formula is C24H21ClN2O3S2. The maximum atomic E-state index is 13.2. The largest absolute Gasteiger partial charge is 0.321 e. The van der Waals surface area contributed by atoms with E-state index in [9.17, 15) is 13.2 Å². The van der Waals surface area contributed by atoms with Gasteiger partial charge in [0.25, 0.3) is 15.9 Å². The third-order valence-corrected chi connectivity index (χ3v) is 8.26. The van der Waals surface area contributed by atoms with Crippen LogP contribution in [0.1, 0.15) is 22.2 Å². The Hall–Kier alpha value is -2.87. The van der Waals surface area contributed by atoms with Gasteiger partial charge in [0, 0.05) is 22.0 Å². The third kappa shape index (κ3) is 4.50. The Labute approximate surface area is 196 Å². The minimum absolute atomic E-state index is 0.241. The van der Waals surface area contributed by atoms with Crippen LogP contribution in [0.15, 0.2) is 77.7 Å². The second-order valence-electron chi connectivity index (χ2n) is 7.28. The van der Waals surface area contributed by atoms with Gasteiger partial charge >= 0.3 is 0 Å². The molecule has 0 spiro atoms. The number of hydrogen-bond acceptors (Lipinski definition) is 4. The molecule has 0 aliphatic carbocycles. The van der Waals surface area contributed by atoms with Crippen molar-refractivity contribution in [3.63, 3.8) is 0 Å². The number of sulfonamides is 1. The highest BCUT2D eigenvalue weighted by Crippen LogP contribution is 2.32. The Balaban J connectivity index is 1.64. The Kier molecular flexibility index (Phi) is 6.24. The van der Waals surface area contributed by atoms with Crippen molar-refractivity contribution >= 4 is 60.3 Å². The fourth-order valence-electron chi connectivity index (χ4n) is 3.39. The van der Waals surface area contributed by atoms with Crippen molar-refractivity contribution in [3.8, 4) is 0 Å². The highest BCUT2D eigenvalue weighted by molar-refractivity contribution is 7.92. The fourth-order valence-corrected chi connectivity index (χ4v) is 5.98. The molecule has 0 radical (unpaired) electrons. The van der Waals surface area contributed by atoms with E-state index in [1.165, 1.54) is 15.6 Å². The number of rotatable bonds is 6. The van der Waals surface area contributed by atoms with Gasteiger partial charge < -0.3 is 5.32 Å². The summed E-state index contributed by atoms with van der Waals surface area (Å²) >= 11 is 7.33. The van der Waals surface area contributed by atoms with Crippen molar-refractivity contribution in [2.24, 2.45) is 0 Å². The standard InChI is InChI=1S/C24H21ClN2O3S2/c1-3-27(32(29,30)21-10-7-16(2)8-11-21)20-9-12-22-17(13-20)14-23(31-22)24(28)26-19-6-4-5-18(25)15-19/h4-15H,3H2,1-2H3,(H,26,28). The van der Waals surface area contributed by atoms with Crippen LogP contribution in [-0.2, 0) is 10.0 Å². The number of carbonyl (C=O) groups excluding carboxylic acids is 1. The summed E-state index contributed by atoms with van der Waals surface area (Å²) in [4.78, 5) is 13.5. The number of anilines is 2. The number of aryl methyl sites for hydroxylation is 1. The molecule has 5 nitrogen and oxygen atoms in total. The summed E-state index contributed by atoms with van der Waals surface area (Å²) in [5, 5.41) is 4.19. The minimum Gasteiger partial charge on any atom is -0.321 e. The van der Waals surface area contributed by atoms with Crippen LogP contribution in [0, 0.1) is 6.92 Å². The molecule has 3 aromatic carbocycles. The Morgan fingerprint density at radius 2 is 1.78 bits per heavy atom. The molecule has 0 saturated carbocycles. The molecule has 4 rings (SSSR count). The zero-order chi connectivity index (χ0) is 22.9. The van der Waals surface area contributed by atoms with E-state index in [0.717, 1.165) is 15.6 Å². The first-order valence-electron chi connectivity index (χ1n) is 9.98. The Morgan fingerprint density at radius 1 is 1.03 bits per heavy atom. The zero-order valence-electron chi connectivity index (χ0n) is 17.5. The highest BCUT2D eigenvalue weighted by Gasteiger charge is 2.24. The Bertz CT molecular complexity index is 1400. The van der Waals surface area contributed by atoms with Crippen LogP contribution in [0.3, 0.4) is 0 Å². The van der Waals surface area contributed by atoms with Crippen molar-refractivity contribution in [2.75, 3.05) is 16.2 Å². The van der Waals surface area contributed by atoms with Crippen molar-refractivity contribution in [1.82, 2.24) is 0 Å². The van der Waals surface area contributed by atoms with Crippen LogP contribution in [0.4, 0.5) is 11.4 Å². The highest BCUT2D eigenvalue weighted by atomic mass is 35.5. The maximum absolute atomic E-state index is 13.2. The molecule has 4 aromatic rings. The quantitative estimate of drug-likeness (QED) is 0.347. The monoisotopic (exact) mass is 484 g/mol. The second-order valence-corrected chi connectivity index (χ2v) is 10.7. The summed E-state index contributed by atoms with van der Waals surface area (Å²) in [6, 6.07) is 21.0. The lowest BCUT2D eigenvalue weighted by Gasteiger charge is -2.23. The molecule has 0 aliphatic heterocycles. The van der Waals surface area contributed by atoms with Gasteiger partial charge in [0.05, 0.1) is 15.5 Å². The molecule has 1 amide bonds.